The number of methoxy groups -OCH3 is 1. The van der Waals surface area contributed by atoms with Gasteiger partial charge in [0.1, 0.15) is 17.1 Å². The van der Waals surface area contributed by atoms with Gasteiger partial charge in [0, 0.05) is 5.39 Å². The highest BCUT2D eigenvalue weighted by Gasteiger charge is 2.10. The van der Waals surface area contributed by atoms with Crippen LogP contribution in [-0.2, 0) is 0 Å². The molecule has 92 valence electrons. The zero-order valence-corrected chi connectivity index (χ0v) is 10.4. The molecule has 0 amide bonds. The summed E-state index contributed by atoms with van der Waals surface area (Å²) in [5.41, 5.74) is 2.29. The first-order chi connectivity index (χ1) is 9.31. The predicted molar refractivity (Wildman–Crippen MR) is 72.9 cm³/mol. The molecule has 1 aromatic heterocycles. The predicted octanol–water partition coefficient (Wildman–Crippen LogP) is 3.98. The Balaban J connectivity index is 2.18. The van der Waals surface area contributed by atoms with E-state index >= 15 is 0 Å². The maximum atomic E-state index is 8.90. The van der Waals surface area contributed by atoms with Gasteiger partial charge in [0.05, 0.1) is 24.3 Å². The number of para-hydroxylation sites is 1. The van der Waals surface area contributed by atoms with E-state index < -0.39 is 0 Å². The Morgan fingerprint density at radius 1 is 1.11 bits per heavy atom. The van der Waals surface area contributed by atoms with Gasteiger partial charge >= 0.3 is 0 Å². The van der Waals surface area contributed by atoms with Crippen molar-refractivity contribution in [1.29, 1.82) is 5.26 Å². The van der Waals surface area contributed by atoms with Crippen LogP contribution in [0.25, 0.3) is 22.3 Å². The smallest absolute Gasteiger partial charge is 0.139 e. The minimum Gasteiger partial charge on any atom is -0.496 e. The molecule has 0 saturated heterocycles. The topological polar surface area (TPSA) is 46.2 Å². The summed E-state index contributed by atoms with van der Waals surface area (Å²) in [6.07, 6.45) is 0. The Hall–Kier alpha value is -2.73. The Morgan fingerprint density at radius 3 is 2.74 bits per heavy atom. The lowest BCUT2D eigenvalue weighted by Gasteiger charge is -2.04. The molecule has 0 aliphatic carbocycles. The molecule has 3 rings (SSSR count). The van der Waals surface area contributed by atoms with Crippen molar-refractivity contribution in [3.8, 4) is 23.1 Å². The molecule has 0 aliphatic rings. The maximum Gasteiger partial charge on any atom is 0.139 e. The van der Waals surface area contributed by atoms with Gasteiger partial charge in [0.2, 0.25) is 0 Å². The minimum atomic E-state index is 0.625. The van der Waals surface area contributed by atoms with Crippen molar-refractivity contribution in [2.24, 2.45) is 0 Å². The number of benzene rings is 2. The Morgan fingerprint density at radius 2 is 1.95 bits per heavy atom. The van der Waals surface area contributed by atoms with Crippen LogP contribution in [0, 0.1) is 11.3 Å². The lowest BCUT2D eigenvalue weighted by atomic mass is 10.1. The molecule has 0 bridgehead atoms. The van der Waals surface area contributed by atoms with Crippen molar-refractivity contribution in [3.63, 3.8) is 0 Å². The summed E-state index contributed by atoms with van der Waals surface area (Å²) in [6.45, 7) is 0. The molecule has 0 fully saturated rings. The molecule has 1 heterocycles. The normalized spacial score (nSPS) is 10.3. The van der Waals surface area contributed by atoms with Crippen molar-refractivity contribution in [2.45, 2.75) is 0 Å². The molecule has 0 aliphatic heterocycles. The average Bonchev–Trinajstić information content (AvgIpc) is 2.89. The van der Waals surface area contributed by atoms with Gasteiger partial charge in [-0.25, -0.2) is 0 Å². The fourth-order valence-corrected chi connectivity index (χ4v) is 2.09. The first-order valence-corrected chi connectivity index (χ1v) is 5.89. The van der Waals surface area contributed by atoms with E-state index in [0.29, 0.717) is 5.56 Å². The van der Waals surface area contributed by atoms with Gasteiger partial charge in [-0.15, -0.1) is 0 Å². The zero-order chi connectivity index (χ0) is 13.2. The van der Waals surface area contributed by atoms with Crippen LogP contribution in [0.1, 0.15) is 5.56 Å². The molecule has 3 heteroatoms. The zero-order valence-electron chi connectivity index (χ0n) is 10.4. The van der Waals surface area contributed by atoms with Crippen molar-refractivity contribution < 1.29 is 9.15 Å². The first-order valence-electron chi connectivity index (χ1n) is 5.89. The highest BCUT2D eigenvalue weighted by Crippen LogP contribution is 2.34. The highest BCUT2D eigenvalue weighted by molar-refractivity contribution is 5.85. The van der Waals surface area contributed by atoms with Crippen molar-refractivity contribution in [2.75, 3.05) is 7.11 Å². The van der Waals surface area contributed by atoms with E-state index in [1.54, 1.807) is 13.2 Å². The third-order valence-corrected chi connectivity index (χ3v) is 3.02. The van der Waals surface area contributed by atoms with E-state index in [0.717, 1.165) is 28.0 Å². The maximum absolute atomic E-state index is 8.90. The number of ether oxygens (including phenoxy) is 1. The van der Waals surface area contributed by atoms with E-state index in [9.17, 15) is 0 Å². The van der Waals surface area contributed by atoms with E-state index in [2.05, 4.69) is 6.07 Å². The van der Waals surface area contributed by atoms with Crippen LogP contribution < -0.4 is 4.74 Å². The van der Waals surface area contributed by atoms with Gasteiger partial charge in [-0.05, 0) is 36.4 Å². The number of furan rings is 1. The summed E-state index contributed by atoms with van der Waals surface area (Å²) in [5, 5.41) is 9.82. The van der Waals surface area contributed by atoms with E-state index in [1.165, 1.54) is 0 Å². The Kier molecular flexibility index (Phi) is 2.70. The molecule has 3 nitrogen and oxygen atoms in total. The number of rotatable bonds is 2. The van der Waals surface area contributed by atoms with E-state index in [-0.39, 0.29) is 0 Å². The number of hydrogen-bond acceptors (Lipinski definition) is 3. The van der Waals surface area contributed by atoms with Gasteiger partial charge in [0.25, 0.3) is 0 Å². The van der Waals surface area contributed by atoms with Crippen molar-refractivity contribution >= 4 is 11.0 Å². The molecular weight excluding hydrogens is 238 g/mol. The summed E-state index contributed by atoms with van der Waals surface area (Å²) in [7, 11) is 1.63. The van der Waals surface area contributed by atoms with Crippen LogP contribution in [-0.4, -0.2) is 7.11 Å². The van der Waals surface area contributed by atoms with Crippen LogP contribution in [0.15, 0.2) is 52.9 Å². The minimum absolute atomic E-state index is 0.625. The molecule has 0 N–H and O–H groups in total. The molecule has 3 aromatic rings. The second-order valence-corrected chi connectivity index (χ2v) is 4.18. The molecule has 0 unspecified atom stereocenters. The van der Waals surface area contributed by atoms with Crippen molar-refractivity contribution in [3.05, 3.63) is 54.1 Å². The molecule has 0 saturated carbocycles. The van der Waals surface area contributed by atoms with Crippen molar-refractivity contribution in [1.82, 2.24) is 0 Å². The Labute approximate surface area is 110 Å². The van der Waals surface area contributed by atoms with Crippen LogP contribution in [0.2, 0.25) is 0 Å². The Bertz CT molecular complexity index is 781. The number of fused-ring (bicyclic) bond motifs is 1. The van der Waals surface area contributed by atoms with E-state index in [1.807, 2.05) is 42.5 Å². The molecule has 0 atom stereocenters. The second-order valence-electron chi connectivity index (χ2n) is 4.18. The lowest BCUT2D eigenvalue weighted by molar-refractivity contribution is 0.415. The average molecular weight is 249 g/mol. The number of hydrogen-bond donors (Lipinski definition) is 0. The van der Waals surface area contributed by atoms with Crippen LogP contribution in [0.4, 0.5) is 0 Å². The summed E-state index contributed by atoms with van der Waals surface area (Å²) < 4.78 is 11.1. The van der Waals surface area contributed by atoms with Gasteiger partial charge in [0.15, 0.2) is 0 Å². The second kappa shape index (κ2) is 4.51. The monoisotopic (exact) mass is 249 g/mol. The van der Waals surface area contributed by atoms with E-state index in [4.69, 9.17) is 14.4 Å². The largest absolute Gasteiger partial charge is 0.496 e. The van der Waals surface area contributed by atoms with Crippen LogP contribution >= 0.6 is 0 Å². The first kappa shape index (κ1) is 11.4. The van der Waals surface area contributed by atoms with Gasteiger partial charge in [-0.3, -0.25) is 0 Å². The molecule has 0 radical (unpaired) electrons. The molecule has 0 spiro atoms. The highest BCUT2D eigenvalue weighted by atomic mass is 16.5. The summed E-state index contributed by atoms with van der Waals surface area (Å²) >= 11 is 0. The van der Waals surface area contributed by atoms with Gasteiger partial charge < -0.3 is 9.15 Å². The number of nitriles is 1. The fraction of sp³-hybridized carbons (Fsp3) is 0.0625. The quantitative estimate of drug-likeness (QED) is 0.690. The van der Waals surface area contributed by atoms with Crippen LogP contribution in [0.5, 0.6) is 5.75 Å². The molecular formula is C16H11NO2. The van der Waals surface area contributed by atoms with Gasteiger partial charge in [-0.1, -0.05) is 12.1 Å². The standard InChI is InChI=1S/C16H11NO2/c1-18-15-5-3-2-4-13(15)16-9-12-8-11(10-17)6-7-14(12)19-16/h2-9H,1H3. The summed E-state index contributed by atoms with van der Waals surface area (Å²) in [4.78, 5) is 0. The lowest BCUT2D eigenvalue weighted by Crippen LogP contribution is -1.85. The fourth-order valence-electron chi connectivity index (χ4n) is 2.09. The number of nitrogens with zero attached hydrogens (tertiary/aromatic N) is 1. The third kappa shape index (κ3) is 1.94. The van der Waals surface area contributed by atoms with Crippen LogP contribution in [0.3, 0.4) is 0 Å². The van der Waals surface area contributed by atoms with Gasteiger partial charge in [-0.2, -0.15) is 5.26 Å². The molecule has 19 heavy (non-hydrogen) atoms. The third-order valence-electron chi connectivity index (χ3n) is 3.02. The summed E-state index contributed by atoms with van der Waals surface area (Å²) in [5.74, 6) is 1.50. The summed E-state index contributed by atoms with van der Waals surface area (Å²) in [6, 6.07) is 17.1. The SMILES string of the molecule is COc1ccccc1-c1cc2cc(C#N)ccc2o1. The molecule has 2 aromatic carbocycles.